The van der Waals surface area contributed by atoms with Crippen molar-refractivity contribution >= 4 is 5.91 Å². The highest BCUT2D eigenvalue weighted by Gasteiger charge is 2.45. The Labute approximate surface area is 111 Å². The maximum atomic E-state index is 12.0. The van der Waals surface area contributed by atoms with Crippen molar-refractivity contribution in [3.8, 4) is 0 Å². The van der Waals surface area contributed by atoms with Crippen molar-refractivity contribution < 1.29 is 4.79 Å². The highest BCUT2D eigenvalue weighted by molar-refractivity contribution is 5.77. The van der Waals surface area contributed by atoms with Crippen molar-refractivity contribution in [1.82, 2.24) is 5.32 Å². The van der Waals surface area contributed by atoms with Gasteiger partial charge in [0.15, 0.2) is 0 Å². The zero-order valence-corrected chi connectivity index (χ0v) is 11.9. The van der Waals surface area contributed by atoms with Crippen LogP contribution in [0.3, 0.4) is 0 Å². The lowest BCUT2D eigenvalue weighted by Crippen LogP contribution is -2.46. The van der Waals surface area contributed by atoms with Gasteiger partial charge in [-0.15, -0.1) is 0 Å². The van der Waals surface area contributed by atoms with Gasteiger partial charge in [-0.3, -0.25) is 4.79 Å². The Morgan fingerprint density at radius 2 is 1.78 bits per heavy atom. The predicted molar refractivity (Wildman–Crippen MR) is 74.1 cm³/mol. The summed E-state index contributed by atoms with van der Waals surface area (Å²) in [5.74, 6) is 0.825. The van der Waals surface area contributed by atoms with E-state index in [0.717, 1.165) is 19.4 Å². The molecule has 2 fully saturated rings. The van der Waals surface area contributed by atoms with Crippen LogP contribution in [0, 0.1) is 11.3 Å². The molecule has 0 atom stereocenters. The number of hydrogen-bond donors (Lipinski definition) is 2. The SMILES string of the molecule is CC(C)C1(CNC(=O)CC2(N)CCCCC2)CC1. The van der Waals surface area contributed by atoms with Crippen LogP contribution in [0.2, 0.25) is 0 Å². The molecule has 0 aromatic heterocycles. The van der Waals surface area contributed by atoms with E-state index in [1.807, 2.05) is 0 Å². The molecule has 2 aliphatic carbocycles. The van der Waals surface area contributed by atoms with Crippen LogP contribution in [-0.2, 0) is 4.79 Å². The smallest absolute Gasteiger partial charge is 0.221 e. The van der Waals surface area contributed by atoms with Gasteiger partial charge in [0.05, 0.1) is 0 Å². The second-order valence-corrected chi connectivity index (χ2v) is 6.89. The molecule has 2 aliphatic rings. The van der Waals surface area contributed by atoms with E-state index in [1.165, 1.54) is 32.1 Å². The molecule has 2 saturated carbocycles. The molecule has 1 amide bonds. The van der Waals surface area contributed by atoms with Crippen LogP contribution in [0.4, 0.5) is 0 Å². The Kier molecular flexibility index (Phi) is 4.00. The predicted octanol–water partition coefficient (Wildman–Crippen LogP) is 2.59. The average molecular weight is 252 g/mol. The molecule has 3 N–H and O–H groups in total. The maximum absolute atomic E-state index is 12.0. The summed E-state index contributed by atoms with van der Waals surface area (Å²) in [4.78, 5) is 12.0. The van der Waals surface area contributed by atoms with Gasteiger partial charge in [0.25, 0.3) is 0 Å². The highest BCUT2D eigenvalue weighted by Crippen LogP contribution is 2.51. The molecule has 2 rings (SSSR count). The third-order valence-electron chi connectivity index (χ3n) is 5.12. The molecule has 0 aromatic rings. The van der Waals surface area contributed by atoms with Gasteiger partial charge in [0.1, 0.15) is 0 Å². The van der Waals surface area contributed by atoms with E-state index in [1.54, 1.807) is 0 Å². The van der Waals surface area contributed by atoms with Crippen molar-refractivity contribution in [2.45, 2.75) is 70.8 Å². The lowest BCUT2D eigenvalue weighted by Gasteiger charge is -2.33. The van der Waals surface area contributed by atoms with Crippen LogP contribution in [0.15, 0.2) is 0 Å². The first-order valence-corrected chi connectivity index (χ1v) is 7.51. The molecule has 0 radical (unpaired) electrons. The maximum Gasteiger partial charge on any atom is 0.221 e. The summed E-state index contributed by atoms with van der Waals surface area (Å²) < 4.78 is 0. The Morgan fingerprint density at radius 1 is 1.17 bits per heavy atom. The van der Waals surface area contributed by atoms with Crippen LogP contribution in [0.5, 0.6) is 0 Å². The fraction of sp³-hybridized carbons (Fsp3) is 0.933. The van der Waals surface area contributed by atoms with Crippen LogP contribution in [0.25, 0.3) is 0 Å². The molecule has 0 aromatic carbocycles. The van der Waals surface area contributed by atoms with E-state index in [2.05, 4.69) is 19.2 Å². The number of carbonyl (C=O) groups is 1. The lowest BCUT2D eigenvalue weighted by atomic mass is 9.80. The Balaban J connectivity index is 1.75. The van der Waals surface area contributed by atoms with Gasteiger partial charge in [-0.2, -0.15) is 0 Å². The summed E-state index contributed by atoms with van der Waals surface area (Å²) in [6.45, 7) is 5.36. The minimum Gasteiger partial charge on any atom is -0.355 e. The minimum atomic E-state index is -0.225. The molecule has 0 spiro atoms. The first-order chi connectivity index (χ1) is 8.46. The van der Waals surface area contributed by atoms with Crippen molar-refractivity contribution in [1.29, 1.82) is 0 Å². The Hall–Kier alpha value is -0.570. The van der Waals surface area contributed by atoms with Gasteiger partial charge in [-0.25, -0.2) is 0 Å². The van der Waals surface area contributed by atoms with Crippen LogP contribution in [0.1, 0.15) is 65.2 Å². The topological polar surface area (TPSA) is 55.1 Å². The molecule has 0 bridgehead atoms. The summed E-state index contributed by atoms with van der Waals surface area (Å²) >= 11 is 0. The number of hydrogen-bond acceptors (Lipinski definition) is 2. The lowest BCUT2D eigenvalue weighted by molar-refractivity contribution is -0.122. The zero-order chi connectivity index (χ0) is 13.2. The first kappa shape index (κ1) is 13.9. The standard InChI is InChI=1S/C15H28N2O/c1-12(2)14(8-9-14)11-17-13(18)10-15(16)6-4-3-5-7-15/h12H,3-11,16H2,1-2H3,(H,17,18). The second kappa shape index (κ2) is 5.20. The second-order valence-electron chi connectivity index (χ2n) is 6.89. The fourth-order valence-electron chi connectivity index (χ4n) is 3.21. The van der Waals surface area contributed by atoms with Gasteiger partial charge >= 0.3 is 0 Å². The molecule has 18 heavy (non-hydrogen) atoms. The first-order valence-electron chi connectivity index (χ1n) is 7.51. The molecular formula is C15H28N2O. The van der Waals surface area contributed by atoms with E-state index >= 15 is 0 Å². The van der Waals surface area contributed by atoms with E-state index in [9.17, 15) is 4.79 Å². The van der Waals surface area contributed by atoms with Crippen LogP contribution in [-0.4, -0.2) is 18.0 Å². The molecule has 3 heteroatoms. The third-order valence-corrected chi connectivity index (χ3v) is 5.12. The van der Waals surface area contributed by atoms with Crippen LogP contribution >= 0.6 is 0 Å². The summed E-state index contributed by atoms with van der Waals surface area (Å²) in [5.41, 5.74) is 6.48. The summed E-state index contributed by atoms with van der Waals surface area (Å²) in [6, 6.07) is 0. The van der Waals surface area contributed by atoms with E-state index in [0.29, 0.717) is 17.8 Å². The Bertz CT molecular complexity index is 302. The van der Waals surface area contributed by atoms with Crippen LogP contribution < -0.4 is 11.1 Å². The fourth-order valence-corrected chi connectivity index (χ4v) is 3.21. The molecular weight excluding hydrogens is 224 g/mol. The number of nitrogens with one attached hydrogen (secondary N) is 1. The van der Waals surface area contributed by atoms with Crippen molar-refractivity contribution in [3.63, 3.8) is 0 Å². The quantitative estimate of drug-likeness (QED) is 0.790. The number of amides is 1. The summed E-state index contributed by atoms with van der Waals surface area (Å²) in [7, 11) is 0. The van der Waals surface area contributed by atoms with Crippen molar-refractivity contribution in [2.24, 2.45) is 17.1 Å². The number of nitrogens with two attached hydrogens (primary N) is 1. The van der Waals surface area contributed by atoms with E-state index < -0.39 is 0 Å². The van der Waals surface area contributed by atoms with Gasteiger partial charge in [0.2, 0.25) is 5.91 Å². The average Bonchev–Trinajstić information content (AvgIpc) is 3.08. The monoisotopic (exact) mass is 252 g/mol. The summed E-state index contributed by atoms with van der Waals surface area (Å²) in [5, 5.41) is 3.12. The van der Waals surface area contributed by atoms with Gasteiger partial charge < -0.3 is 11.1 Å². The van der Waals surface area contributed by atoms with Gasteiger partial charge in [-0.1, -0.05) is 33.1 Å². The molecule has 104 valence electrons. The normalized spacial score (nSPS) is 24.9. The van der Waals surface area contributed by atoms with E-state index in [4.69, 9.17) is 5.73 Å². The molecule has 3 nitrogen and oxygen atoms in total. The van der Waals surface area contributed by atoms with E-state index in [-0.39, 0.29) is 11.4 Å². The molecule has 0 aliphatic heterocycles. The Morgan fingerprint density at radius 3 is 2.28 bits per heavy atom. The molecule has 0 unspecified atom stereocenters. The zero-order valence-electron chi connectivity index (χ0n) is 11.9. The van der Waals surface area contributed by atoms with Crippen molar-refractivity contribution in [2.75, 3.05) is 6.54 Å². The third kappa shape index (κ3) is 3.25. The van der Waals surface area contributed by atoms with Gasteiger partial charge in [-0.05, 0) is 37.0 Å². The molecule has 0 saturated heterocycles. The minimum absolute atomic E-state index is 0.159. The number of carbonyl (C=O) groups excluding carboxylic acids is 1. The number of rotatable bonds is 5. The largest absolute Gasteiger partial charge is 0.355 e. The molecule has 0 heterocycles. The summed E-state index contributed by atoms with van der Waals surface area (Å²) in [6.07, 6.45) is 8.69. The highest BCUT2D eigenvalue weighted by atomic mass is 16.1. The van der Waals surface area contributed by atoms with Crippen molar-refractivity contribution in [3.05, 3.63) is 0 Å². The van der Waals surface area contributed by atoms with Gasteiger partial charge in [0, 0.05) is 18.5 Å².